The molecule has 138 valence electrons. The number of nitrogens with one attached hydrogen (secondary N) is 2. The molecule has 0 radical (unpaired) electrons. The number of rotatable bonds is 6. The molecule has 6 nitrogen and oxygen atoms in total. The SMILES string of the molecule is COc1ccc(NC(C)=O)cc1NC(=O)COc1cc(Cl)c(Cl)cc1Cl. The molecule has 0 spiro atoms. The number of hydrogen-bond donors (Lipinski definition) is 2. The summed E-state index contributed by atoms with van der Waals surface area (Å²) >= 11 is 17.8. The van der Waals surface area contributed by atoms with Crippen molar-refractivity contribution in [2.45, 2.75) is 6.92 Å². The van der Waals surface area contributed by atoms with Crippen molar-refractivity contribution < 1.29 is 19.1 Å². The molecular formula is C17H15Cl3N2O4. The first kappa shape index (κ1) is 20.2. The van der Waals surface area contributed by atoms with Crippen molar-refractivity contribution in [1.29, 1.82) is 0 Å². The molecule has 2 N–H and O–H groups in total. The van der Waals surface area contributed by atoms with E-state index in [4.69, 9.17) is 44.3 Å². The zero-order valence-corrected chi connectivity index (χ0v) is 16.1. The Bertz CT molecular complexity index is 843. The third-order valence-corrected chi connectivity index (χ3v) is 4.15. The Labute approximate surface area is 165 Å². The summed E-state index contributed by atoms with van der Waals surface area (Å²) < 4.78 is 10.6. The molecule has 2 aromatic rings. The molecule has 0 saturated heterocycles. The zero-order valence-electron chi connectivity index (χ0n) is 13.9. The fourth-order valence-corrected chi connectivity index (χ4v) is 2.62. The van der Waals surface area contributed by atoms with Gasteiger partial charge in [0.2, 0.25) is 5.91 Å². The first-order valence-electron chi connectivity index (χ1n) is 7.33. The Kier molecular flexibility index (Phi) is 6.97. The van der Waals surface area contributed by atoms with Crippen LogP contribution in [0.15, 0.2) is 30.3 Å². The van der Waals surface area contributed by atoms with Crippen LogP contribution in [0.2, 0.25) is 15.1 Å². The maximum absolute atomic E-state index is 12.2. The quantitative estimate of drug-likeness (QED) is 0.672. The van der Waals surface area contributed by atoms with Gasteiger partial charge in [-0.15, -0.1) is 0 Å². The summed E-state index contributed by atoms with van der Waals surface area (Å²) in [7, 11) is 1.47. The predicted octanol–water partition coefficient (Wildman–Crippen LogP) is 4.63. The highest BCUT2D eigenvalue weighted by Gasteiger charge is 2.12. The summed E-state index contributed by atoms with van der Waals surface area (Å²) in [4.78, 5) is 23.3. The maximum Gasteiger partial charge on any atom is 0.262 e. The summed E-state index contributed by atoms with van der Waals surface area (Å²) in [6, 6.07) is 7.71. The second kappa shape index (κ2) is 8.98. The molecule has 0 bridgehead atoms. The maximum atomic E-state index is 12.2. The van der Waals surface area contributed by atoms with Crippen LogP contribution in [0, 0.1) is 0 Å². The van der Waals surface area contributed by atoms with Gasteiger partial charge in [-0.3, -0.25) is 9.59 Å². The van der Waals surface area contributed by atoms with Gasteiger partial charge in [0.15, 0.2) is 6.61 Å². The second-order valence-corrected chi connectivity index (χ2v) is 6.35. The summed E-state index contributed by atoms with van der Waals surface area (Å²) in [6.45, 7) is 1.07. The first-order chi connectivity index (χ1) is 12.3. The molecular weight excluding hydrogens is 403 g/mol. The number of benzene rings is 2. The molecule has 0 saturated carbocycles. The van der Waals surface area contributed by atoms with Crippen LogP contribution in [0.5, 0.6) is 11.5 Å². The Morgan fingerprint density at radius 1 is 0.962 bits per heavy atom. The van der Waals surface area contributed by atoms with Crippen molar-refractivity contribution in [3.05, 3.63) is 45.4 Å². The van der Waals surface area contributed by atoms with Gasteiger partial charge in [0.25, 0.3) is 5.91 Å². The summed E-state index contributed by atoms with van der Waals surface area (Å²) in [5, 5.41) is 6.05. The minimum Gasteiger partial charge on any atom is -0.495 e. The Balaban J connectivity index is 2.07. The van der Waals surface area contributed by atoms with E-state index in [9.17, 15) is 9.59 Å². The van der Waals surface area contributed by atoms with Gasteiger partial charge >= 0.3 is 0 Å². The molecule has 0 unspecified atom stereocenters. The van der Waals surface area contributed by atoms with Crippen molar-refractivity contribution >= 4 is 58.0 Å². The first-order valence-corrected chi connectivity index (χ1v) is 8.46. The van der Waals surface area contributed by atoms with Crippen LogP contribution in [0.25, 0.3) is 0 Å². The lowest BCUT2D eigenvalue weighted by Gasteiger charge is -2.13. The zero-order chi connectivity index (χ0) is 19.3. The molecule has 0 atom stereocenters. The van der Waals surface area contributed by atoms with Gasteiger partial charge in [-0.05, 0) is 24.3 Å². The average molecular weight is 418 g/mol. The van der Waals surface area contributed by atoms with Crippen LogP contribution >= 0.6 is 34.8 Å². The molecule has 26 heavy (non-hydrogen) atoms. The molecule has 2 rings (SSSR count). The van der Waals surface area contributed by atoms with Crippen LogP contribution in [0.3, 0.4) is 0 Å². The van der Waals surface area contributed by atoms with E-state index in [1.54, 1.807) is 18.2 Å². The number of carbonyl (C=O) groups excluding carboxylic acids is 2. The Morgan fingerprint density at radius 3 is 2.31 bits per heavy atom. The van der Waals surface area contributed by atoms with Crippen molar-refractivity contribution in [2.24, 2.45) is 0 Å². The second-order valence-electron chi connectivity index (χ2n) is 5.13. The fraction of sp³-hybridized carbons (Fsp3) is 0.176. The highest BCUT2D eigenvalue weighted by Crippen LogP contribution is 2.34. The number of methoxy groups -OCH3 is 1. The van der Waals surface area contributed by atoms with E-state index in [1.807, 2.05) is 0 Å². The molecule has 2 amide bonds. The topological polar surface area (TPSA) is 76.7 Å². The molecule has 0 aliphatic rings. The van der Waals surface area contributed by atoms with E-state index in [1.165, 1.54) is 26.2 Å². The Hall–Kier alpha value is -2.15. The number of carbonyl (C=O) groups is 2. The third kappa shape index (κ3) is 5.42. The number of ether oxygens (including phenoxy) is 2. The van der Waals surface area contributed by atoms with Crippen LogP contribution in [0.4, 0.5) is 11.4 Å². The van der Waals surface area contributed by atoms with Crippen molar-refractivity contribution in [1.82, 2.24) is 0 Å². The smallest absolute Gasteiger partial charge is 0.262 e. The van der Waals surface area contributed by atoms with Gasteiger partial charge in [0, 0.05) is 18.7 Å². The molecule has 0 aromatic heterocycles. The van der Waals surface area contributed by atoms with Gasteiger partial charge in [0.1, 0.15) is 11.5 Å². The molecule has 0 heterocycles. The van der Waals surface area contributed by atoms with E-state index < -0.39 is 5.91 Å². The molecule has 0 aliphatic carbocycles. The summed E-state index contributed by atoms with van der Waals surface area (Å²) in [5.41, 5.74) is 0.898. The molecule has 0 fully saturated rings. The number of halogens is 3. The van der Waals surface area contributed by atoms with Gasteiger partial charge in [-0.25, -0.2) is 0 Å². The highest BCUT2D eigenvalue weighted by molar-refractivity contribution is 6.43. The highest BCUT2D eigenvalue weighted by atomic mass is 35.5. The lowest BCUT2D eigenvalue weighted by atomic mass is 10.2. The van der Waals surface area contributed by atoms with Gasteiger partial charge in [-0.1, -0.05) is 34.8 Å². The molecule has 9 heteroatoms. The normalized spacial score (nSPS) is 10.2. The number of amides is 2. The average Bonchev–Trinajstić information content (AvgIpc) is 2.56. The van der Waals surface area contributed by atoms with E-state index in [-0.39, 0.29) is 33.3 Å². The molecule has 0 aliphatic heterocycles. The lowest BCUT2D eigenvalue weighted by Crippen LogP contribution is -2.20. The van der Waals surface area contributed by atoms with Crippen LogP contribution in [0.1, 0.15) is 6.92 Å². The largest absolute Gasteiger partial charge is 0.495 e. The standard InChI is InChI=1S/C17H15Cl3N2O4/c1-9(23)21-10-3-4-15(25-2)14(5-10)22-17(24)8-26-16-7-12(19)11(18)6-13(16)20/h3-7H,8H2,1-2H3,(H,21,23)(H,22,24). The third-order valence-electron chi connectivity index (χ3n) is 3.13. The van der Waals surface area contributed by atoms with Gasteiger partial charge in [-0.2, -0.15) is 0 Å². The molecule has 2 aromatic carbocycles. The van der Waals surface area contributed by atoms with Crippen molar-refractivity contribution in [3.63, 3.8) is 0 Å². The minimum atomic E-state index is -0.453. The van der Waals surface area contributed by atoms with E-state index >= 15 is 0 Å². The van der Waals surface area contributed by atoms with Crippen LogP contribution in [-0.4, -0.2) is 25.5 Å². The van der Waals surface area contributed by atoms with Gasteiger partial charge < -0.3 is 20.1 Å². The van der Waals surface area contributed by atoms with Crippen molar-refractivity contribution in [3.8, 4) is 11.5 Å². The predicted molar refractivity (Wildman–Crippen MR) is 103 cm³/mol. The van der Waals surface area contributed by atoms with E-state index in [0.29, 0.717) is 17.1 Å². The van der Waals surface area contributed by atoms with Crippen LogP contribution < -0.4 is 20.1 Å². The number of hydrogen-bond acceptors (Lipinski definition) is 4. The Morgan fingerprint density at radius 2 is 1.65 bits per heavy atom. The monoisotopic (exact) mass is 416 g/mol. The summed E-state index contributed by atoms with van der Waals surface area (Å²) in [6.07, 6.45) is 0. The lowest BCUT2D eigenvalue weighted by molar-refractivity contribution is -0.118. The van der Waals surface area contributed by atoms with E-state index in [2.05, 4.69) is 10.6 Å². The minimum absolute atomic E-state index is 0.231. The van der Waals surface area contributed by atoms with E-state index in [0.717, 1.165) is 0 Å². The van der Waals surface area contributed by atoms with Crippen LogP contribution in [-0.2, 0) is 9.59 Å². The van der Waals surface area contributed by atoms with Gasteiger partial charge in [0.05, 0.1) is 27.9 Å². The fourth-order valence-electron chi connectivity index (χ4n) is 2.03. The summed E-state index contributed by atoms with van der Waals surface area (Å²) in [5.74, 6) is -0.0225. The number of anilines is 2. The van der Waals surface area contributed by atoms with Crippen molar-refractivity contribution in [2.75, 3.05) is 24.4 Å².